The molecule has 0 saturated heterocycles. The summed E-state index contributed by atoms with van der Waals surface area (Å²) in [5, 5.41) is 20.6. The number of H-pyrrole nitrogens is 1. The van der Waals surface area contributed by atoms with Crippen molar-refractivity contribution in [3.8, 4) is 0 Å². The van der Waals surface area contributed by atoms with Gasteiger partial charge in [-0.15, -0.1) is 0 Å². The first-order chi connectivity index (χ1) is 8.31. The lowest BCUT2D eigenvalue weighted by molar-refractivity contribution is 0.260. The van der Waals surface area contributed by atoms with E-state index in [-0.39, 0.29) is 13.2 Å². The van der Waals surface area contributed by atoms with Crippen molar-refractivity contribution in [1.82, 2.24) is 9.97 Å². The highest BCUT2D eigenvalue weighted by Crippen LogP contribution is 2.24. The number of nitrogens with one attached hydrogen (secondary N) is 1. The first kappa shape index (κ1) is 10.3. The van der Waals surface area contributed by atoms with Crippen LogP contribution in [0.25, 0.3) is 21.8 Å². The molecule has 86 valence electrons. The van der Waals surface area contributed by atoms with Gasteiger partial charge in [-0.05, 0) is 46.2 Å². The number of imidazole rings is 1. The van der Waals surface area contributed by atoms with E-state index in [1.807, 2.05) is 24.3 Å². The zero-order valence-corrected chi connectivity index (χ0v) is 9.14. The molecule has 2 aromatic carbocycles. The summed E-state index contributed by atoms with van der Waals surface area (Å²) < 4.78 is 0. The van der Waals surface area contributed by atoms with Crippen molar-refractivity contribution in [2.24, 2.45) is 0 Å². The molecule has 0 fully saturated rings. The Balaban J connectivity index is 2.36. The summed E-state index contributed by atoms with van der Waals surface area (Å²) >= 11 is 0. The van der Waals surface area contributed by atoms with Crippen LogP contribution in [0.5, 0.6) is 0 Å². The fraction of sp³-hybridized carbons (Fsp3) is 0.154. The second-order valence-electron chi connectivity index (χ2n) is 4.06. The lowest BCUT2D eigenvalue weighted by atomic mass is 10.0. The van der Waals surface area contributed by atoms with Crippen LogP contribution in [0, 0.1) is 0 Å². The molecule has 4 nitrogen and oxygen atoms in total. The summed E-state index contributed by atoms with van der Waals surface area (Å²) in [6, 6.07) is 7.77. The van der Waals surface area contributed by atoms with Crippen molar-refractivity contribution in [1.29, 1.82) is 0 Å². The smallest absolute Gasteiger partial charge is 0.0931 e. The van der Waals surface area contributed by atoms with Gasteiger partial charge >= 0.3 is 0 Å². The molecule has 3 rings (SSSR count). The Kier molecular flexibility index (Phi) is 2.31. The van der Waals surface area contributed by atoms with Gasteiger partial charge in [0.05, 0.1) is 30.6 Å². The van der Waals surface area contributed by atoms with Crippen LogP contribution >= 0.6 is 0 Å². The van der Waals surface area contributed by atoms with Gasteiger partial charge in [-0.3, -0.25) is 0 Å². The number of fused-ring (bicyclic) bond motifs is 2. The van der Waals surface area contributed by atoms with Gasteiger partial charge < -0.3 is 15.2 Å². The third-order valence-corrected chi connectivity index (χ3v) is 3.04. The molecule has 1 aromatic heterocycles. The predicted octanol–water partition coefficient (Wildman–Crippen LogP) is 1.70. The Bertz CT molecular complexity index is 631. The van der Waals surface area contributed by atoms with Gasteiger partial charge in [-0.1, -0.05) is 0 Å². The fourth-order valence-corrected chi connectivity index (χ4v) is 2.12. The molecule has 1 heterocycles. The summed E-state index contributed by atoms with van der Waals surface area (Å²) in [6.45, 7) is -0.128. The maximum Gasteiger partial charge on any atom is 0.0931 e. The van der Waals surface area contributed by atoms with Gasteiger partial charge in [-0.25, -0.2) is 4.98 Å². The van der Waals surface area contributed by atoms with E-state index in [2.05, 4.69) is 9.97 Å². The lowest BCUT2D eigenvalue weighted by Crippen LogP contribution is -1.94. The van der Waals surface area contributed by atoms with Crippen molar-refractivity contribution < 1.29 is 10.2 Å². The molecule has 0 bridgehead atoms. The Morgan fingerprint density at radius 3 is 2.24 bits per heavy atom. The quantitative estimate of drug-likeness (QED) is 0.625. The van der Waals surface area contributed by atoms with Crippen LogP contribution in [-0.4, -0.2) is 20.2 Å². The Morgan fingerprint density at radius 1 is 0.941 bits per heavy atom. The summed E-state index contributed by atoms with van der Waals surface area (Å²) in [5.74, 6) is 0. The molecule has 3 aromatic rings. The number of benzene rings is 2. The largest absolute Gasteiger partial charge is 0.392 e. The van der Waals surface area contributed by atoms with Gasteiger partial charge in [0.15, 0.2) is 0 Å². The zero-order chi connectivity index (χ0) is 11.8. The third-order valence-electron chi connectivity index (χ3n) is 3.04. The number of rotatable bonds is 2. The molecule has 0 amide bonds. The highest BCUT2D eigenvalue weighted by molar-refractivity contribution is 5.95. The van der Waals surface area contributed by atoms with Crippen LogP contribution in [0.1, 0.15) is 11.1 Å². The normalized spacial score (nSPS) is 11.4. The maximum absolute atomic E-state index is 9.25. The predicted molar refractivity (Wildman–Crippen MR) is 65.4 cm³/mol. The third kappa shape index (κ3) is 1.58. The number of aromatic amines is 1. The van der Waals surface area contributed by atoms with Crippen LogP contribution in [0.2, 0.25) is 0 Å². The van der Waals surface area contributed by atoms with E-state index in [1.165, 1.54) is 0 Å². The molecule has 17 heavy (non-hydrogen) atoms. The van der Waals surface area contributed by atoms with E-state index in [9.17, 15) is 10.2 Å². The van der Waals surface area contributed by atoms with Crippen molar-refractivity contribution in [3.05, 3.63) is 41.7 Å². The summed E-state index contributed by atoms with van der Waals surface area (Å²) in [6.07, 6.45) is 1.66. The highest BCUT2D eigenvalue weighted by Gasteiger charge is 2.05. The number of aromatic nitrogens is 2. The molecule has 0 radical (unpaired) electrons. The molecule has 4 heteroatoms. The molecular weight excluding hydrogens is 216 g/mol. The minimum absolute atomic E-state index is 0.0627. The van der Waals surface area contributed by atoms with E-state index < -0.39 is 0 Å². The van der Waals surface area contributed by atoms with Gasteiger partial charge in [-0.2, -0.15) is 0 Å². The van der Waals surface area contributed by atoms with E-state index in [0.29, 0.717) is 0 Å². The van der Waals surface area contributed by atoms with E-state index in [4.69, 9.17) is 0 Å². The minimum Gasteiger partial charge on any atom is -0.392 e. The van der Waals surface area contributed by atoms with E-state index in [1.54, 1.807) is 6.33 Å². The summed E-state index contributed by atoms with van der Waals surface area (Å²) in [7, 11) is 0. The number of nitrogens with zero attached hydrogens (tertiary/aromatic N) is 1. The molecule has 0 unspecified atom stereocenters. The number of hydrogen-bond donors (Lipinski definition) is 3. The van der Waals surface area contributed by atoms with Crippen molar-refractivity contribution in [2.45, 2.75) is 13.2 Å². The molecule has 0 aliphatic heterocycles. The number of hydrogen-bond acceptors (Lipinski definition) is 3. The van der Waals surface area contributed by atoms with Crippen molar-refractivity contribution >= 4 is 21.8 Å². The van der Waals surface area contributed by atoms with Crippen LogP contribution < -0.4 is 0 Å². The number of aliphatic hydroxyl groups excluding tert-OH is 2. The fourth-order valence-electron chi connectivity index (χ4n) is 2.12. The first-order valence-electron chi connectivity index (χ1n) is 5.42. The minimum atomic E-state index is -0.0650. The summed E-state index contributed by atoms with van der Waals surface area (Å²) in [4.78, 5) is 7.25. The average Bonchev–Trinajstić information content (AvgIpc) is 2.81. The van der Waals surface area contributed by atoms with E-state index >= 15 is 0 Å². The van der Waals surface area contributed by atoms with E-state index in [0.717, 1.165) is 32.9 Å². The van der Waals surface area contributed by atoms with Crippen molar-refractivity contribution in [2.75, 3.05) is 0 Å². The lowest BCUT2D eigenvalue weighted by Gasteiger charge is -2.07. The van der Waals surface area contributed by atoms with Crippen LogP contribution in [0.15, 0.2) is 30.6 Å². The maximum atomic E-state index is 9.25. The SMILES string of the molecule is OCc1cc2cc3nc[nH]c3cc2cc1CO. The molecular formula is C13H12N2O2. The second-order valence-corrected chi connectivity index (χ2v) is 4.06. The van der Waals surface area contributed by atoms with Crippen LogP contribution in [0.3, 0.4) is 0 Å². The Morgan fingerprint density at radius 2 is 1.59 bits per heavy atom. The molecule has 0 aliphatic rings. The molecule has 3 N–H and O–H groups in total. The molecule has 0 saturated carbocycles. The van der Waals surface area contributed by atoms with Gasteiger partial charge in [0, 0.05) is 0 Å². The topological polar surface area (TPSA) is 69.1 Å². The average molecular weight is 228 g/mol. The second kappa shape index (κ2) is 3.84. The molecule has 0 aliphatic carbocycles. The van der Waals surface area contributed by atoms with Crippen LogP contribution in [-0.2, 0) is 13.2 Å². The Hall–Kier alpha value is -1.91. The Labute approximate surface area is 97.5 Å². The molecule has 0 atom stereocenters. The molecule has 0 spiro atoms. The van der Waals surface area contributed by atoms with Crippen molar-refractivity contribution in [3.63, 3.8) is 0 Å². The highest BCUT2D eigenvalue weighted by atomic mass is 16.3. The summed E-state index contributed by atoms with van der Waals surface area (Å²) in [5.41, 5.74) is 3.39. The zero-order valence-electron chi connectivity index (χ0n) is 9.14. The standard InChI is InChI=1S/C13H12N2O2/c16-5-10-1-8-3-12-13(15-7-14-12)4-9(8)2-11(10)6-17/h1-4,7,16-17H,5-6H2,(H,14,15). The van der Waals surface area contributed by atoms with Crippen LogP contribution in [0.4, 0.5) is 0 Å². The van der Waals surface area contributed by atoms with Gasteiger partial charge in [0.2, 0.25) is 0 Å². The first-order valence-corrected chi connectivity index (χ1v) is 5.42. The monoisotopic (exact) mass is 228 g/mol. The van der Waals surface area contributed by atoms with Gasteiger partial charge in [0.1, 0.15) is 0 Å². The van der Waals surface area contributed by atoms with Gasteiger partial charge in [0.25, 0.3) is 0 Å². The number of aliphatic hydroxyl groups is 2.